The predicted molar refractivity (Wildman–Crippen MR) is 124 cm³/mol. The Hall–Kier alpha value is -3.24. The van der Waals surface area contributed by atoms with E-state index in [1.807, 2.05) is 4.90 Å². The van der Waals surface area contributed by atoms with Crippen LogP contribution >= 0.6 is 0 Å². The minimum Gasteiger partial charge on any atom is -0.481 e. The number of nitrogens with one attached hydrogen (secondary N) is 2. The monoisotopic (exact) mass is 478 g/mol. The normalized spacial score (nSPS) is 14.9. The summed E-state index contributed by atoms with van der Waals surface area (Å²) in [5.41, 5.74) is 0.325. The van der Waals surface area contributed by atoms with Crippen molar-refractivity contribution in [3.63, 3.8) is 0 Å². The maximum Gasteiger partial charge on any atom is 0.416 e. The third kappa shape index (κ3) is 6.88. The van der Waals surface area contributed by atoms with E-state index in [1.54, 1.807) is 13.1 Å². The summed E-state index contributed by atoms with van der Waals surface area (Å²) in [7, 11) is 1.56. The number of halogens is 4. The first-order valence-electron chi connectivity index (χ1n) is 10.6. The van der Waals surface area contributed by atoms with Crippen LogP contribution in [-0.4, -0.2) is 56.9 Å². The molecule has 3 rings (SSSR count). The summed E-state index contributed by atoms with van der Waals surface area (Å²) in [6.07, 6.45) is -3.09. The lowest BCUT2D eigenvalue weighted by Crippen LogP contribution is -2.43. The number of ether oxygens (including phenoxy) is 1. The Bertz CT molecular complexity index is 1060. The molecule has 1 amide bonds. The van der Waals surface area contributed by atoms with Gasteiger partial charge in [-0.1, -0.05) is 18.7 Å². The van der Waals surface area contributed by atoms with Crippen LogP contribution in [0.15, 0.2) is 48.0 Å². The van der Waals surface area contributed by atoms with E-state index in [-0.39, 0.29) is 23.5 Å². The highest BCUT2D eigenvalue weighted by Crippen LogP contribution is 2.34. The number of nitrogens with zero attached hydrogens (tertiary/aromatic N) is 2. The van der Waals surface area contributed by atoms with E-state index in [0.717, 1.165) is 19.2 Å². The zero-order valence-corrected chi connectivity index (χ0v) is 18.7. The molecule has 0 atom stereocenters. The number of allylic oxidation sites excluding steroid dienone is 1. The Balaban J connectivity index is 1.64. The van der Waals surface area contributed by atoms with Gasteiger partial charge in [-0.25, -0.2) is 4.39 Å². The zero-order valence-electron chi connectivity index (χ0n) is 18.7. The first-order valence-corrected chi connectivity index (χ1v) is 10.6. The zero-order chi connectivity index (χ0) is 24.7. The van der Waals surface area contributed by atoms with Gasteiger partial charge >= 0.3 is 6.18 Å². The molecule has 0 saturated carbocycles. The lowest BCUT2D eigenvalue weighted by atomic mass is 10.0. The summed E-state index contributed by atoms with van der Waals surface area (Å²) in [6.45, 7) is 6.12. The maximum absolute atomic E-state index is 14.3. The minimum atomic E-state index is -4.57. The molecule has 1 heterocycles. The SMILES string of the molecule is C=C(C=NC)c1ccc(OCC(=O)Nc2ccc(CN3CCNCC3)c(C(F)(F)F)c2)c(F)c1. The first kappa shape index (κ1) is 25.4. The van der Waals surface area contributed by atoms with Gasteiger partial charge in [0.2, 0.25) is 0 Å². The van der Waals surface area contributed by atoms with E-state index < -0.39 is 30.1 Å². The van der Waals surface area contributed by atoms with Crippen molar-refractivity contribution in [1.29, 1.82) is 0 Å². The number of carbonyl (C=O) groups excluding carboxylic acids is 1. The van der Waals surface area contributed by atoms with Gasteiger partial charge in [0.05, 0.1) is 5.56 Å². The van der Waals surface area contributed by atoms with Crippen LogP contribution in [0.4, 0.5) is 23.2 Å². The molecule has 1 aliphatic heterocycles. The van der Waals surface area contributed by atoms with Gasteiger partial charge in [0.25, 0.3) is 5.91 Å². The van der Waals surface area contributed by atoms with Crippen LogP contribution in [0, 0.1) is 5.82 Å². The lowest BCUT2D eigenvalue weighted by molar-refractivity contribution is -0.138. The molecule has 182 valence electrons. The molecule has 0 spiro atoms. The van der Waals surface area contributed by atoms with Crippen molar-refractivity contribution in [2.24, 2.45) is 4.99 Å². The number of hydrogen-bond donors (Lipinski definition) is 2. The second-order valence-electron chi connectivity index (χ2n) is 7.79. The van der Waals surface area contributed by atoms with Gasteiger partial charge in [-0.3, -0.25) is 14.7 Å². The topological polar surface area (TPSA) is 66.0 Å². The van der Waals surface area contributed by atoms with Crippen molar-refractivity contribution in [2.75, 3.05) is 45.2 Å². The van der Waals surface area contributed by atoms with Crippen LogP contribution in [0.2, 0.25) is 0 Å². The van der Waals surface area contributed by atoms with Gasteiger partial charge in [-0.2, -0.15) is 13.2 Å². The molecule has 0 aliphatic carbocycles. The van der Waals surface area contributed by atoms with Crippen molar-refractivity contribution in [1.82, 2.24) is 10.2 Å². The number of piperazine rings is 1. The molecule has 0 bridgehead atoms. The van der Waals surface area contributed by atoms with Gasteiger partial charge in [0.15, 0.2) is 18.2 Å². The molecule has 10 heteroatoms. The molecule has 2 aromatic carbocycles. The number of anilines is 1. The number of alkyl halides is 3. The van der Waals surface area contributed by atoms with Crippen LogP contribution in [0.3, 0.4) is 0 Å². The predicted octanol–water partition coefficient (Wildman–Crippen LogP) is 3.98. The summed E-state index contributed by atoms with van der Waals surface area (Å²) >= 11 is 0. The Morgan fingerprint density at radius 1 is 1.24 bits per heavy atom. The van der Waals surface area contributed by atoms with E-state index in [9.17, 15) is 22.4 Å². The van der Waals surface area contributed by atoms with Crippen molar-refractivity contribution >= 4 is 23.4 Å². The van der Waals surface area contributed by atoms with E-state index in [0.29, 0.717) is 24.2 Å². The molecule has 1 aliphatic rings. The number of hydrogen-bond acceptors (Lipinski definition) is 5. The molecular weight excluding hydrogens is 452 g/mol. The highest BCUT2D eigenvalue weighted by atomic mass is 19.4. The molecule has 0 radical (unpaired) electrons. The van der Waals surface area contributed by atoms with E-state index in [4.69, 9.17) is 4.74 Å². The van der Waals surface area contributed by atoms with Gasteiger partial charge in [0, 0.05) is 51.7 Å². The summed E-state index contributed by atoms with van der Waals surface area (Å²) < 4.78 is 60.4. The van der Waals surface area contributed by atoms with Crippen LogP contribution in [-0.2, 0) is 17.5 Å². The fourth-order valence-corrected chi connectivity index (χ4v) is 3.55. The van der Waals surface area contributed by atoms with Crippen molar-refractivity contribution in [3.05, 3.63) is 65.5 Å². The Morgan fingerprint density at radius 2 is 1.97 bits per heavy atom. The van der Waals surface area contributed by atoms with Crippen LogP contribution in [0.5, 0.6) is 5.75 Å². The number of carbonyl (C=O) groups is 1. The second kappa shape index (κ2) is 11.3. The second-order valence-corrected chi connectivity index (χ2v) is 7.79. The van der Waals surface area contributed by atoms with Crippen LogP contribution in [0.25, 0.3) is 5.57 Å². The average molecular weight is 478 g/mol. The Morgan fingerprint density at radius 3 is 2.62 bits per heavy atom. The third-order valence-electron chi connectivity index (χ3n) is 5.25. The van der Waals surface area contributed by atoms with Crippen LogP contribution < -0.4 is 15.4 Å². The number of benzene rings is 2. The fourth-order valence-electron chi connectivity index (χ4n) is 3.55. The molecule has 6 nitrogen and oxygen atoms in total. The molecular formula is C24H26F4N4O2. The van der Waals surface area contributed by atoms with Gasteiger partial charge in [0.1, 0.15) is 0 Å². The number of amides is 1. The van der Waals surface area contributed by atoms with Gasteiger partial charge in [-0.05, 0) is 41.0 Å². The van der Waals surface area contributed by atoms with Crippen molar-refractivity contribution < 1.29 is 27.1 Å². The summed E-state index contributed by atoms with van der Waals surface area (Å²) in [6, 6.07) is 7.80. The Kier molecular flexibility index (Phi) is 8.41. The highest BCUT2D eigenvalue weighted by molar-refractivity contribution is 6.08. The Labute approximate surface area is 195 Å². The molecule has 0 unspecified atom stereocenters. The van der Waals surface area contributed by atoms with E-state index >= 15 is 0 Å². The number of aliphatic imine (C=N–C) groups is 1. The highest BCUT2D eigenvalue weighted by Gasteiger charge is 2.34. The average Bonchev–Trinajstić information content (AvgIpc) is 2.79. The van der Waals surface area contributed by atoms with Gasteiger partial charge in [-0.15, -0.1) is 0 Å². The number of rotatable bonds is 8. The summed E-state index contributed by atoms with van der Waals surface area (Å²) in [5.74, 6) is -1.58. The van der Waals surface area contributed by atoms with Crippen molar-refractivity contribution in [2.45, 2.75) is 12.7 Å². The van der Waals surface area contributed by atoms with Crippen LogP contribution in [0.1, 0.15) is 16.7 Å². The summed E-state index contributed by atoms with van der Waals surface area (Å²) in [5, 5.41) is 5.54. The van der Waals surface area contributed by atoms with Crippen molar-refractivity contribution in [3.8, 4) is 5.75 Å². The smallest absolute Gasteiger partial charge is 0.416 e. The quantitative estimate of drug-likeness (QED) is 0.445. The maximum atomic E-state index is 14.3. The van der Waals surface area contributed by atoms with Gasteiger partial charge < -0.3 is 15.4 Å². The molecule has 2 N–H and O–H groups in total. The third-order valence-corrected chi connectivity index (χ3v) is 5.25. The molecule has 1 fully saturated rings. The fraction of sp³-hybridized carbons (Fsp3) is 0.333. The minimum absolute atomic E-state index is 0.0176. The molecule has 2 aromatic rings. The first-order chi connectivity index (χ1) is 16.2. The largest absolute Gasteiger partial charge is 0.481 e. The molecule has 1 saturated heterocycles. The van der Waals surface area contributed by atoms with E-state index in [1.165, 1.54) is 30.5 Å². The standard InChI is InChI=1S/C24H26F4N4O2/c1-16(13-29-2)17-4-6-22(21(25)11-17)34-15-23(33)31-19-5-3-18(20(12-19)24(26,27)28)14-32-9-7-30-8-10-32/h3-6,11-13,30H,1,7-10,14-15H2,2H3,(H,31,33). The molecule has 34 heavy (non-hydrogen) atoms. The lowest BCUT2D eigenvalue weighted by Gasteiger charge is -2.28. The molecule has 0 aromatic heterocycles. The summed E-state index contributed by atoms with van der Waals surface area (Å²) in [4.78, 5) is 18.0. The van der Waals surface area contributed by atoms with E-state index in [2.05, 4.69) is 22.2 Å².